The monoisotopic (exact) mass is 417 g/mol. The van der Waals surface area contributed by atoms with E-state index < -0.39 is 24.7 Å². The minimum Gasteiger partial charge on any atom is -0.459 e. The van der Waals surface area contributed by atoms with Crippen LogP contribution in [0.3, 0.4) is 0 Å². The Labute approximate surface area is 180 Å². The van der Waals surface area contributed by atoms with Crippen LogP contribution < -0.4 is 5.32 Å². The lowest BCUT2D eigenvalue weighted by Gasteiger charge is -2.16. The predicted molar refractivity (Wildman–Crippen MR) is 115 cm³/mol. The van der Waals surface area contributed by atoms with Crippen molar-refractivity contribution < 1.29 is 24.2 Å². The van der Waals surface area contributed by atoms with Gasteiger partial charge in [-0.1, -0.05) is 72.8 Å². The SMILES string of the molecule is O=C(NC(CO)C(=O)OCc1ccccc1)OCc1cccc2c1Cc1ccccc1-2. The maximum absolute atomic E-state index is 12.2. The minimum atomic E-state index is -1.19. The second kappa shape index (κ2) is 9.45. The Hall–Kier alpha value is -3.64. The van der Waals surface area contributed by atoms with Crippen LogP contribution in [0.2, 0.25) is 0 Å². The zero-order valence-corrected chi connectivity index (χ0v) is 16.9. The summed E-state index contributed by atoms with van der Waals surface area (Å²) >= 11 is 0. The highest BCUT2D eigenvalue weighted by atomic mass is 16.6. The number of esters is 1. The fourth-order valence-corrected chi connectivity index (χ4v) is 3.69. The predicted octanol–water partition coefficient (Wildman–Crippen LogP) is 3.59. The molecule has 0 heterocycles. The first-order chi connectivity index (χ1) is 15.2. The van der Waals surface area contributed by atoms with Gasteiger partial charge in [0.15, 0.2) is 6.04 Å². The molecule has 0 aliphatic heterocycles. The molecule has 0 saturated heterocycles. The van der Waals surface area contributed by atoms with E-state index in [4.69, 9.17) is 9.47 Å². The Morgan fingerprint density at radius 1 is 0.871 bits per heavy atom. The smallest absolute Gasteiger partial charge is 0.408 e. The number of alkyl carbamates (subject to hydrolysis) is 1. The van der Waals surface area contributed by atoms with Crippen LogP contribution in [0.15, 0.2) is 72.8 Å². The highest BCUT2D eigenvalue weighted by molar-refractivity contribution is 5.81. The summed E-state index contributed by atoms with van der Waals surface area (Å²) in [5.41, 5.74) is 6.46. The van der Waals surface area contributed by atoms with Crippen LogP contribution in [0.4, 0.5) is 4.79 Å². The van der Waals surface area contributed by atoms with Crippen molar-refractivity contribution in [3.63, 3.8) is 0 Å². The van der Waals surface area contributed by atoms with E-state index in [1.54, 1.807) is 0 Å². The van der Waals surface area contributed by atoms with Crippen molar-refractivity contribution in [3.8, 4) is 11.1 Å². The van der Waals surface area contributed by atoms with Crippen LogP contribution in [0.25, 0.3) is 11.1 Å². The van der Waals surface area contributed by atoms with Crippen LogP contribution in [0.5, 0.6) is 0 Å². The van der Waals surface area contributed by atoms with Crippen molar-refractivity contribution in [1.29, 1.82) is 0 Å². The van der Waals surface area contributed by atoms with Crippen LogP contribution in [-0.2, 0) is 33.9 Å². The van der Waals surface area contributed by atoms with E-state index >= 15 is 0 Å². The number of ether oxygens (including phenoxy) is 2. The number of benzene rings is 3. The van der Waals surface area contributed by atoms with Gasteiger partial charge < -0.3 is 19.9 Å². The first-order valence-corrected chi connectivity index (χ1v) is 10.1. The summed E-state index contributed by atoms with van der Waals surface area (Å²) in [4.78, 5) is 24.4. The molecule has 31 heavy (non-hydrogen) atoms. The number of hydrogen-bond acceptors (Lipinski definition) is 5. The summed E-state index contributed by atoms with van der Waals surface area (Å²) in [7, 11) is 0. The van der Waals surface area contributed by atoms with Gasteiger partial charge in [-0.15, -0.1) is 0 Å². The molecule has 6 nitrogen and oxygen atoms in total. The lowest BCUT2D eigenvalue weighted by Crippen LogP contribution is -2.44. The molecule has 0 spiro atoms. The third-order valence-electron chi connectivity index (χ3n) is 5.29. The summed E-state index contributed by atoms with van der Waals surface area (Å²) in [6.45, 7) is -0.456. The molecule has 1 aliphatic rings. The van der Waals surface area contributed by atoms with E-state index in [0.717, 1.165) is 28.7 Å². The summed E-state index contributed by atoms with van der Waals surface area (Å²) in [6, 6.07) is 22.1. The molecule has 1 atom stereocenters. The second-order valence-electron chi connectivity index (χ2n) is 7.33. The number of carbonyl (C=O) groups excluding carboxylic acids is 2. The van der Waals surface area contributed by atoms with Crippen molar-refractivity contribution in [3.05, 3.63) is 95.1 Å². The van der Waals surface area contributed by atoms with Gasteiger partial charge in [0.05, 0.1) is 6.61 Å². The Balaban J connectivity index is 1.32. The molecule has 4 rings (SSSR count). The summed E-state index contributed by atoms with van der Waals surface area (Å²) < 4.78 is 10.5. The molecule has 0 saturated carbocycles. The van der Waals surface area contributed by atoms with Gasteiger partial charge in [-0.2, -0.15) is 0 Å². The highest BCUT2D eigenvalue weighted by Crippen LogP contribution is 2.38. The molecule has 2 N–H and O–H groups in total. The maximum atomic E-state index is 12.2. The van der Waals surface area contributed by atoms with Gasteiger partial charge in [-0.25, -0.2) is 9.59 Å². The minimum absolute atomic E-state index is 0.0591. The zero-order chi connectivity index (χ0) is 21.6. The van der Waals surface area contributed by atoms with Crippen molar-refractivity contribution >= 4 is 12.1 Å². The average Bonchev–Trinajstić information content (AvgIpc) is 3.19. The largest absolute Gasteiger partial charge is 0.459 e. The van der Waals surface area contributed by atoms with Crippen LogP contribution >= 0.6 is 0 Å². The molecule has 0 radical (unpaired) electrons. The highest BCUT2D eigenvalue weighted by Gasteiger charge is 2.24. The molecule has 3 aromatic carbocycles. The van der Waals surface area contributed by atoms with E-state index in [0.29, 0.717) is 0 Å². The maximum Gasteiger partial charge on any atom is 0.408 e. The molecular weight excluding hydrogens is 394 g/mol. The molecule has 1 unspecified atom stereocenters. The Morgan fingerprint density at radius 2 is 1.61 bits per heavy atom. The topological polar surface area (TPSA) is 84.9 Å². The van der Waals surface area contributed by atoms with E-state index in [1.165, 1.54) is 11.1 Å². The van der Waals surface area contributed by atoms with Gasteiger partial charge in [-0.05, 0) is 39.8 Å². The fraction of sp³-hybridized carbons (Fsp3) is 0.200. The standard InChI is InChI=1S/C25H23NO5/c27-14-23(24(28)30-15-17-7-2-1-3-8-17)26-25(29)31-16-19-10-6-12-21-20-11-5-4-9-18(20)13-22(19)21/h1-12,23,27H,13-16H2,(H,26,29). The number of amides is 1. The molecule has 1 aliphatic carbocycles. The van der Waals surface area contributed by atoms with E-state index in [2.05, 4.69) is 23.5 Å². The normalized spacial score (nSPS) is 12.4. The molecule has 1 amide bonds. The quantitative estimate of drug-likeness (QED) is 0.449. The van der Waals surface area contributed by atoms with Crippen molar-refractivity contribution in [2.24, 2.45) is 0 Å². The van der Waals surface area contributed by atoms with Crippen molar-refractivity contribution in [2.75, 3.05) is 6.61 Å². The van der Waals surface area contributed by atoms with Gasteiger partial charge >= 0.3 is 12.1 Å². The molecule has 0 fully saturated rings. The Bertz CT molecular complexity index is 1080. The summed E-state index contributed by atoms with van der Waals surface area (Å²) in [6.07, 6.45) is 0.00130. The number of rotatable bonds is 7. The Morgan fingerprint density at radius 3 is 2.42 bits per heavy atom. The Kier molecular flexibility index (Phi) is 6.29. The van der Waals surface area contributed by atoms with Gasteiger partial charge in [-0.3, -0.25) is 0 Å². The van der Waals surface area contributed by atoms with Crippen molar-refractivity contribution in [1.82, 2.24) is 5.32 Å². The third kappa shape index (κ3) is 4.75. The molecule has 3 aromatic rings. The average molecular weight is 417 g/mol. The first kappa shape index (κ1) is 20.6. The van der Waals surface area contributed by atoms with E-state index in [-0.39, 0.29) is 13.2 Å². The third-order valence-corrected chi connectivity index (χ3v) is 5.29. The van der Waals surface area contributed by atoms with Gasteiger partial charge in [0, 0.05) is 0 Å². The van der Waals surface area contributed by atoms with Crippen LogP contribution in [-0.4, -0.2) is 29.8 Å². The molecule has 6 heteroatoms. The summed E-state index contributed by atoms with van der Waals surface area (Å²) in [5.74, 6) is -0.723. The van der Waals surface area contributed by atoms with Crippen LogP contribution in [0.1, 0.15) is 22.3 Å². The number of aliphatic hydroxyl groups excluding tert-OH is 1. The zero-order valence-electron chi connectivity index (χ0n) is 16.9. The van der Waals surface area contributed by atoms with Crippen molar-refractivity contribution in [2.45, 2.75) is 25.7 Å². The number of carbonyl (C=O) groups is 2. The lowest BCUT2D eigenvalue weighted by atomic mass is 10.0. The number of fused-ring (bicyclic) bond motifs is 3. The molecule has 0 bridgehead atoms. The lowest BCUT2D eigenvalue weighted by molar-refractivity contribution is -0.148. The van der Waals surface area contributed by atoms with Crippen LogP contribution in [0, 0.1) is 0 Å². The number of hydrogen-bond donors (Lipinski definition) is 2. The van der Waals surface area contributed by atoms with E-state index in [9.17, 15) is 14.7 Å². The number of nitrogens with one attached hydrogen (secondary N) is 1. The van der Waals surface area contributed by atoms with Gasteiger partial charge in [0.2, 0.25) is 0 Å². The van der Waals surface area contributed by atoms with Gasteiger partial charge in [0.1, 0.15) is 13.2 Å². The molecular formula is C25H23NO5. The van der Waals surface area contributed by atoms with E-state index in [1.807, 2.05) is 54.6 Å². The fourth-order valence-electron chi connectivity index (χ4n) is 3.69. The first-order valence-electron chi connectivity index (χ1n) is 10.1. The van der Waals surface area contributed by atoms with Gasteiger partial charge in [0.25, 0.3) is 0 Å². The molecule has 158 valence electrons. The summed E-state index contributed by atoms with van der Waals surface area (Å²) in [5, 5.41) is 11.9. The second-order valence-corrected chi connectivity index (χ2v) is 7.33. The molecule has 0 aromatic heterocycles. The number of aliphatic hydroxyl groups is 1.